The van der Waals surface area contributed by atoms with Gasteiger partial charge < -0.3 is 18.5 Å². The van der Waals surface area contributed by atoms with Gasteiger partial charge in [0.2, 0.25) is 0 Å². The molecule has 3 rings (SSSR count). The lowest BCUT2D eigenvalue weighted by Gasteiger charge is -2.34. The number of rotatable bonds is 3. The van der Waals surface area contributed by atoms with Gasteiger partial charge >= 0.3 is 7.60 Å². The van der Waals surface area contributed by atoms with Gasteiger partial charge in [-0.2, -0.15) is 0 Å². The van der Waals surface area contributed by atoms with E-state index in [2.05, 4.69) is 6.92 Å². The van der Waals surface area contributed by atoms with Gasteiger partial charge in [0.1, 0.15) is 0 Å². The minimum absolute atomic E-state index is 0.0211. The SMILES string of the molecule is [2H]C[C@H]1O[C@H]([3H])C[C@@H]1O[P@]1(=O)C[C@@H]([C@H]2O[C@H]([3H])C[C@@H]2C)CCO1. The Morgan fingerprint density at radius 1 is 1.35 bits per heavy atom. The van der Waals surface area contributed by atoms with Crippen LogP contribution in [0.1, 0.15) is 37.2 Å². The highest BCUT2D eigenvalue weighted by Crippen LogP contribution is 2.56. The van der Waals surface area contributed by atoms with Crippen LogP contribution in [0.15, 0.2) is 0 Å². The Labute approximate surface area is 125 Å². The minimum Gasteiger partial charge on any atom is -0.378 e. The lowest BCUT2D eigenvalue weighted by Crippen LogP contribution is -2.33. The molecule has 5 nitrogen and oxygen atoms in total. The second-order valence-electron chi connectivity index (χ2n) is 5.88. The summed E-state index contributed by atoms with van der Waals surface area (Å²) in [4.78, 5) is 0. The average Bonchev–Trinajstić information content (AvgIpc) is 3.00. The summed E-state index contributed by atoms with van der Waals surface area (Å²) in [6.07, 6.45) is 0.918. The smallest absolute Gasteiger partial charge is 0.331 e. The molecule has 0 spiro atoms. The van der Waals surface area contributed by atoms with Crippen LogP contribution in [0.4, 0.5) is 0 Å². The first-order chi connectivity index (χ1) is 10.9. The van der Waals surface area contributed by atoms with Crippen molar-refractivity contribution < 1.29 is 27.2 Å². The Kier molecular flexibility index (Phi) is 3.52. The van der Waals surface area contributed by atoms with E-state index in [0.29, 0.717) is 19.4 Å². The average molecular weight is 309 g/mol. The standard InChI is InChI=1S/C14H25O5P/c1-10-3-6-17-14(10)12-4-8-18-20(15,9-12)19-13-5-7-16-11(13)2/h10-14H,3-9H2,1-2H3/t10-,11+,12-,13-,14-,20-/m0/s1/i2D,6T,7T/t6-,7-,10+,11-,12+,13+,14+,20+/m1. The second-order valence-corrected chi connectivity index (χ2v) is 7.93. The first-order valence-electron chi connectivity index (χ1n) is 9.13. The first kappa shape index (κ1) is 11.6. The summed E-state index contributed by atoms with van der Waals surface area (Å²) >= 11 is 0. The summed E-state index contributed by atoms with van der Waals surface area (Å²) in [7, 11) is -3.28. The number of hydrogen-bond donors (Lipinski definition) is 0. The zero-order chi connectivity index (χ0) is 16.6. The van der Waals surface area contributed by atoms with Gasteiger partial charge in [-0.1, -0.05) is 6.92 Å². The third-order valence-electron chi connectivity index (χ3n) is 4.29. The van der Waals surface area contributed by atoms with Crippen molar-refractivity contribution in [2.24, 2.45) is 11.8 Å². The van der Waals surface area contributed by atoms with E-state index in [4.69, 9.17) is 22.6 Å². The predicted octanol–water partition coefficient (Wildman–Crippen LogP) is 2.84. The molecule has 6 heteroatoms. The van der Waals surface area contributed by atoms with Crippen LogP contribution in [0, 0.1) is 11.8 Å². The van der Waals surface area contributed by atoms with Crippen molar-refractivity contribution in [1.29, 1.82) is 0 Å². The zero-order valence-corrected chi connectivity index (χ0v) is 12.7. The van der Waals surface area contributed by atoms with Crippen LogP contribution < -0.4 is 0 Å². The highest BCUT2D eigenvalue weighted by molar-refractivity contribution is 7.53. The highest BCUT2D eigenvalue weighted by atomic mass is 31.2. The maximum atomic E-state index is 13.0. The van der Waals surface area contributed by atoms with E-state index in [1.807, 2.05) is 0 Å². The van der Waals surface area contributed by atoms with Gasteiger partial charge in [-0.25, -0.2) is 0 Å². The van der Waals surface area contributed by atoms with Crippen molar-refractivity contribution in [1.82, 2.24) is 0 Å². The van der Waals surface area contributed by atoms with E-state index < -0.39 is 33.0 Å². The molecule has 0 radical (unpaired) electrons. The molecule has 0 aliphatic carbocycles. The van der Waals surface area contributed by atoms with E-state index in [-0.39, 0.29) is 31.0 Å². The second kappa shape index (κ2) is 6.05. The lowest BCUT2D eigenvalue weighted by atomic mass is 9.91. The van der Waals surface area contributed by atoms with Crippen LogP contribution in [-0.4, -0.2) is 44.2 Å². The predicted molar refractivity (Wildman–Crippen MR) is 75.0 cm³/mol. The van der Waals surface area contributed by atoms with Crippen LogP contribution in [0.25, 0.3) is 0 Å². The van der Waals surface area contributed by atoms with Gasteiger partial charge in [0, 0.05) is 21.0 Å². The Hall–Kier alpha value is 0.0700. The summed E-state index contributed by atoms with van der Waals surface area (Å²) in [6, 6.07) is 0. The summed E-state index contributed by atoms with van der Waals surface area (Å²) in [5, 5.41) is 0. The third kappa shape index (κ3) is 3.12. The van der Waals surface area contributed by atoms with E-state index in [0.717, 1.165) is 6.42 Å². The monoisotopic (exact) mass is 309 g/mol. The first-order valence-corrected chi connectivity index (χ1v) is 8.99. The van der Waals surface area contributed by atoms with Gasteiger partial charge in [0.25, 0.3) is 0 Å². The van der Waals surface area contributed by atoms with E-state index >= 15 is 0 Å². The summed E-state index contributed by atoms with van der Waals surface area (Å²) in [5.74, 6) is 0.325. The molecule has 8 atom stereocenters. The van der Waals surface area contributed by atoms with Gasteiger partial charge in [0.15, 0.2) is 0 Å². The van der Waals surface area contributed by atoms with E-state index in [1.54, 1.807) is 0 Å². The molecule has 3 aliphatic heterocycles. The maximum absolute atomic E-state index is 13.0. The third-order valence-corrected chi connectivity index (χ3v) is 6.38. The molecular formula is C14H25O5P. The van der Waals surface area contributed by atoms with E-state index in [9.17, 15) is 4.57 Å². The molecule has 3 fully saturated rings. The minimum atomic E-state index is -3.28. The Morgan fingerprint density at radius 2 is 2.20 bits per heavy atom. The molecule has 0 aromatic heterocycles. The molecule has 0 bridgehead atoms. The van der Waals surface area contributed by atoms with Crippen molar-refractivity contribution in [3.8, 4) is 0 Å². The van der Waals surface area contributed by atoms with Gasteiger partial charge in [0.05, 0.1) is 33.8 Å². The molecule has 3 heterocycles. The molecule has 0 unspecified atom stereocenters. The van der Waals surface area contributed by atoms with Crippen LogP contribution >= 0.6 is 7.60 Å². The fraction of sp³-hybridized carbons (Fsp3) is 1.00. The molecule has 0 saturated carbocycles. The highest BCUT2D eigenvalue weighted by Gasteiger charge is 2.43. The van der Waals surface area contributed by atoms with Gasteiger partial charge in [-0.15, -0.1) is 0 Å². The normalized spacial score (nSPS) is 59.0. The van der Waals surface area contributed by atoms with Crippen LogP contribution in [0.5, 0.6) is 0 Å². The Bertz CT molecular complexity index is 468. The van der Waals surface area contributed by atoms with Crippen LogP contribution in [-0.2, 0) is 23.1 Å². The molecule has 116 valence electrons. The molecule has 0 aromatic carbocycles. The largest absolute Gasteiger partial charge is 0.378 e. The fourth-order valence-corrected chi connectivity index (χ4v) is 5.34. The quantitative estimate of drug-likeness (QED) is 0.750. The lowest BCUT2D eigenvalue weighted by molar-refractivity contribution is 0.0207. The number of hydrogen-bond acceptors (Lipinski definition) is 5. The summed E-state index contributed by atoms with van der Waals surface area (Å²) in [6.45, 7) is 1.15. The number of ether oxygens (including phenoxy) is 2. The van der Waals surface area contributed by atoms with Crippen molar-refractivity contribution >= 4 is 7.60 Å². The molecule has 0 aromatic rings. The molecular weight excluding hydrogens is 279 g/mol. The summed E-state index contributed by atoms with van der Waals surface area (Å²) < 4.78 is 58.0. The molecule has 3 aliphatic rings. The Balaban J connectivity index is 1.64. The van der Waals surface area contributed by atoms with Crippen molar-refractivity contribution in [2.45, 2.75) is 51.4 Å². The topological polar surface area (TPSA) is 54.0 Å². The van der Waals surface area contributed by atoms with Crippen molar-refractivity contribution in [3.63, 3.8) is 0 Å². The van der Waals surface area contributed by atoms with Crippen molar-refractivity contribution in [3.05, 3.63) is 0 Å². The van der Waals surface area contributed by atoms with Crippen LogP contribution in [0.3, 0.4) is 0 Å². The van der Waals surface area contributed by atoms with Gasteiger partial charge in [-0.3, -0.25) is 4.57 Å². The molecule has 3 saturated heterocycles. The van der Waals surface area contributed by atoms with Gasteiger partial charge in [-0.05, 0) is 31.6 Å². The maximum Gasteiger partial charge on any atom is 0.331 e. The van der Waals surface area contributed by atoms with Crippen LogP contribution in [0.2, 0.25) is 0 Å². The van der Waals surface area contributed by atoms with Crippen molar-refractivity contribution in [2.75, 3.05) is 25.9 Å². The summed E-state index contributed by atoms with van der Waals surface area (Å²) in [5.41, 5.74) is 0. The fourth-order valence-electron chi connectivity index (χ4n) is 3.11. The molecule has 0 amide bonds. The van der Waals surface area contributed by atoms with E-state index in [1.165, 1.54) is 0 Å². The Morgan fingerprint density at radius 3 is 2.95 bits per heavy atom. The molecule has 0 N–H and O–H groups in total. The zero-order valence-electron chi connectivity index (χ0n) is 14.8. The molecule has 20 heavy (non-hydrogen) atoms.